The Bertz CT molecular complexity index is 1180. The Hall–Kier alpha value is -1.96. The number of aromatic nitrogens is 2. The van der Waals surface area contributed by atoms with Crippen LogP contribution in [0.25, 0.3) is 22.2 Å². The first-order valence-electron chi connectivity index (χ1n) is 7.86. The van der Waals surface area contributed by atoms with Crippen LogP contribution in [-0.2, 0) is 0 Å². The normalized spacial score (nSPS) is 12.5. The Kier molecular flexibility index (Phi) is 4.93. The Morgan fingerprint density at radius 1 is 1.12 bits per heavy atom. The van der Waals surface area contributed by atoms with Gasteiger partial charge in [0.25, 0.3) is 0 Å². The van der Waals surface area contributed by atoms with Gasteiger partial charge in [-0.25, -0.2) is 4.68 Å². The number of aromatic amines is 1. The van der Waals surface area contributed by atoms with Gasteiger partial charge >= 0.3 is 0 Å². The zero-order valence-electron chi connectivity index (χ0n) is 13.8. The molecule has 0 amide bonds. The van der Waals surface area contributed by atoms with Crippen molar-refractivity contribution in [1.29, 1.82) is 0 Å². The number of fused-ring (bicyclic) bond motifs is 1. The number of rotatable bonds is 3. The highest BCUT2D eigenvalue weighted by Gasteiger charge is 2.08. The van der Waals surface area contributed by atoms with E-state index < -0.39 is 0 Å². The fraction of sp³-hybridized carbons (Fsp3) is 0.0526. The van der Waals surface area contributed by atoms with E-state index in [9.17, 15) is 0 Å². The first-order chi connectivity index (χ1) is 12.7. The first kappa shape index (κ1) is 17.5. The van der Waals surface area contributed by atoms with Crippen LogP contribution in [0.4, 0.5) is 0 Å². The van der Waals surface area contributed by atoms with Crippen molar-refractivity contribution in [3.63, 3.8) is 0 Å². The molecule has 130 valence electrons. The molecule has 0 bridgehead atoms. The van der Waals surface area contributed by atoms with Crippen molar-refractivity contribution in [2.75, 3.05) is 7.05 Å². The molecule has 2 aromatic heterocycles. The molecule has 2 aromatic carbocycles. The third-order valence-electron chi connectivity index (χ3n) is 3.99. The van der Waals surface area contributed by atoms with Crippen molar-refractivity contribution in [2.24, 2.45) is 10.1 Å². The maximum atomic E-state index is 4.72. The first-order valence-corrected chi connectivity index (χ1v) is 10.3. The number of H-pyrrole nitrogens is 1. The van der Waals surface area contributed by atoms with Crippen LogP contribution in [0.3, 0.4) is 0 Å². The molecule has 0 atom stereocenters. The highest BCUT2D eigenvalue weighted by atomic mass is 79.9. The molecular weight excluding hydrogens is 476 g/mol. The average Bonchev–Trinajstić information content (AvgIpc) is 3.23. The van der Waals surface area contributed by atoms with E-state index in [-0.39, 0.29) is 0 Å². The maximum absolute atomic E-state index is 4.72. The lowest BCUT2D eigenvalue weighted by Gasteiger charge is -2.04. The van der Waals surface area contributed by atoms with Crippen LogP contribution >= 0.6 is 43.2 Å². The number of hydrogen-bond acceptors (Lipinski definition) is 3. The number of nitrogens with zero attached hydrogens (tertiary/aromatic N) is 3. The van der Waals surface area contributed by atoms with E-state index in [0.29, 0.717) is 0 Å². The molecule has 4 aromatic rings. The predicted molar refractivity (Wildman–Crippen MR) is 116 cm³/mol. The summed E-state index contributed by atoms with van der Waals surface area (Å²) in [4.78, 5) is 8.48. The van der Waals surface area contributed by atoms with E-state index in [1.54, 1.807) is 18.4 Å². The van der Waals surface area contributed by atoms with Gasteiger partial charge in [-0.1, -0.05) is 44.0 Å². The zero-order chi connectivity index (χ0) is 18.1. The molecule has 0 unspecified atom stereocenters. The van der Waals surface area contributed by atoms with Crippen molar-refractivity contribution in [3.8, 4) is 11.3 Å². The van der Waals surface area contributed by atoms with Gasteiger partial charge in [-0.05, 0) is 30.3 Å². The largest absolute Gasteiger partial charge is 0.361 e. The standard InChI is InChI=1S/C19H14Br2N4S/c1-22-19-25(18(11-26-19)12-3-2-4-14(20)7-12)24-10-13-9-23-17-6-5-15(21)8-16(13)17/h2-11,23H,1H3. The summed E-state index contributed by atoms with van der Waals surface area (Å²) in [6.45, 7) is 0. The van der Waals surface area contributed by atoms with Gasteiger partial charge < -0.3 is 4.98 Å². The van der Waals surface area contributed by atoms with Gasteiger partial charge in [0.05, 0.1) is 11.9 Å². The molecule has 7 heteroatoms. The third-order valence-corrected chi connectivity index (χ3v) is 5.88. The molecule has 0 radical (unpaired) electrons. The quantitative estimate of drug-likeness (QED) is 0.362. The van der Waals surface area contributed by atoms with E-state index in [1.807, 2.05) is 41.4 Å². The van der Waals surface area contributed by atoms with Crippen molar-refractivity contribution >= 4 is 60.3 Å². The Morgan fingerprint density at radius 2 is 1.96 bits per heavy atom. The van der Waals surface area contributed by atoms with Crippen LogP contribution in [0.1, 0.15) is 5.56 Å². The molecule has 1 N–H and O–H groups in total. The molecule has 4 rings (SSSR count). The van der Waals surface area contributed by atoms with Gasteiger partial charge in [0.2, 0.25) is 4.80 Å². The number of halogens is 2. The van der Waals surface area contributed by atoms with Crippen molar-refractivity contribution in [2.45, 2.75) is 0 Å². The molecule has 2 heterocycles. The second-order valence-corrected chi connectivity index (χ2v) is 8.30. The molecule has 0 saturated carbocycles. The summed E-state index contributed by atoms with van der Waals surface area (Å²) < 4.78 is 3.96. The second-order valence-electron chi connectivity index (χ2n) is 5.63. The Labute approximate surface area is 171 Å². The topological polar surface area (TPSA) is 45.4 Å². The average molecular weight is 490 g/mol. The number of nitrogens with one attached hydrogen (secondary N) is 1. The molecule has 0 fully saturated rings. The molecular formula is C19H14Br2N4S. The highest BCUT2D eigenvalue weighted by Crippen LogP contribution is 2.24. The maximum Gasteiger partial charge on any atom is 0.205 e. The van der Waals surface area contributed by atoms with Crippen LogP contribution in [0, 0.1) is 0 Å². The van der Waals surface area contributed by atoms with Crippen LogP contribution in [0.15, 0.2) is 73.1 Å². The van der Waals surface area contributed by atoms with E-state index in [2.05, 4.69) is 65.4 Å². The Morgan fingerprint density at radius 3 is 2.77 bits per heavy atom. The van der Waals surface area contributed by atoms with Crippen molar-refractivity contribution in [3.05, 3.63) is 73.4 Å². The molecule has 0 spiro atoms. The molecule has 0 saturated heterocycles. The third kappa shape index (κ3) is 3.34. The summed E-state index contributed by atoms with van der Waals surface area (Å²) in [6, 6.07) is 14.3. The second kappa shape index (κ2) is 7.34. The van der Waals surface area contributed by atoms with Crippen molar-refractivity contribution in [1.82, 2.24) is 9.66 Å². The van der Waals surface area contributed by atoms with Crippen molar-refractivity contribution < 1.29 is 0 Å². The van der Waals surface area contributed by atoms with E-state index in [1.165, 1.54) is 0 Å². The van der Waals surface area contributed by atoms with Gasteiger partial charge in [-0.3, -0.25) is 4.99 Å². The minimum atomic E-state index is 0.845. The van der Waals surface area contributed by atoms with Gasteiger partial charge in [-0.15, -0.1) is 11.3 Å². The van der Waals surface area contributed by atoms with Crippen LogP contribution in [0.2, 0.25) is 0 Å². The summed E-state index contributed by atoms with van der Waals surface area (Å²) >= 11 is 8.64. The van der Waals surface area contributed by atoms with Crippen LogP contribution in [0.5, 0.6) is 0 Å². The fourth-order valence-electron chi connectivity index (χ4n) is 2.75. The lowest BCUT2D eigenvalue weighted by molar-refractivity contribution is 0.848. The van der Waals surface area contributed by atoms with Gasteiger partial charge in [0.1, 0.15) is 0 Å². The Balaban J connectivity index is 1.81. The molecule has 0 aliphatic carbocycles. The van der Waals surface area contributed by atoms with E-state index in [4.69, 9.17) is 5.10 Å². The smallest absolute Gasteiger partial charge is 0.205 e. The summed E-state index contributed by atoms with van der Waals surface area (Å²) in [5.74, 6) is 0. The molecule has 26 heavy (non-hydrogen) atoms. The molecule has 4 nitrogen and oxygen atoms in total. The number of benzene rings is 2. The predicted octanol–water partition coefficient (Wildman–Crippen LogP) is 5.64. The monoisotopic (exact) mass is 488 g/mol. The number of thiazole rings is 1. The van der Waals surface area contributed by atoms with Gasteiger partial charge in [0, 0.05) is 49.6 Å². The number of hydrogen-bond donors (Lipinski definition) is 1. The van der Waals surface area contributed by atoms with Gasteiger partial charge in [0.15, 0.2) is 0 Å². The molecule has 0 aliphatic rings. The van der Waals surface area contributed by atoms with Gasteiger partial charge in [-0.2, -0.15) is 5.10 Å². The molecule has 0 aliphatic heterocycles. The summed E-state index contributed by atoms with van der Waals surface area (Å²) in [5.41, 5.74) is 4.21. The minimum absolute atomic E-state index is 0.845. The highest BCUT2D eigenvalue weighted by molar-refractivity contribution is 9.10. The fourth-order valence-corrected chi connectivity index (χ4v) is 4.31. The summed E-state index contributed by atoms with van der Waals surface area (Å²) in [7, 11) is 1.78. The lowest BCUT2D eigenvalue weighted by atomic mass is 10.2. The summed E-state index contributed by atoms with van der Waals surface area (Å²) in [5, 5.41) is 7.92. The van der Waals surface area contributed by atoms with E-state index in [0.717, 1.165) is 41.5 Å². The van der Waals surface area contributed by atoms with Crippen LogP contribution in [-0.4, -0.2) is 22.9 Å². The van der Waals surface area contributed by atoms with Crippen LogP contribution < -0.4 is 4.80 Å². The van der Waals surface area contributed by atoms with E-state index >= 15 is 0 Å². The lowest BCUT2D eigenvalue weighted by Crippen LogP contribution is -2.11. The minimum Gasteiger partial charge on any atom is -0.361 e. The summed E-state index contributed by atoms with van der Waals surface area (Å²) in [6.07, 6.45) is 3.84. The SMILES string of the molecule is CN=c1scc(-c2cccc(Br)c2)n1N=Cc1c[nH]c2ccc(Br)cc12. The zero-order valence-corrected chi connectivity index (χ0v) is 17.8.